The first-order chi connectivity index (χ1) is 13.1. The Kier molecular flexibility index (Phi) is 6.29. The van der Waals surface area contributed by atoms with Gasteiger partial charge in [0.05, 0.1) is 12.1 Å². The normalized spacial score (nSPS) is 11.4. The van der Waals surface area contributed by atoms with Crippen molar-refractivity contribution in [3.8, 4) is 5.75 Å². The van der Waals surface area contributed by atoms with Gasteiger partial charge in [0.15, 0.2) is 0 Å². The molecule has 0 bridgehead atoms. The molecule has 1 N–H and O–H groups in total. The van der Waals surface area contributed by atoms with Gasteiger partial charge in [-0.3, -0.25) is 9.71 Å². The van der Waals surface area contributed by atoms with Crippen LogP contribution in [0.1, 0.15) is 32.6 Å². The summed E-state index contributed by atoms with van der Waals surface area (Å²) >= 11 is 0. The molecule has 5 nitrogen and oxygen atoms in total. The Bertz CT molecular complexity index is 980. The second kappa shape index (κ2) is 8.86. The number of hydrogen-bond donors (Lipinski definition) is 1. The number of ether oxygens (including phenoxy) is 1. The highest BCUT2D eigenvalue weighted by molar-refractivity contribution is 7.93. The summed E-state index contributed by atoms with van der Waals surface area (Å²) < 4.78 is 33.9. The van der Waals surface area contributed by atoms with Crippen LogP contribution < -0.4 is 9.46 Å². The van der Waals surface area contributed by atoms with Gasteiger partial charge in [-0.15, -0.1) is 0 Å². The van der Waals surface area contributed by atoms with E-state index in [1.165, 1.54) is 12.8 Å². The number of aromatic nitrogens is 1. The summed E-state index contributed by atoms with van der Waals surface area (Å²) in [5.41, 5.74) is 0.945. The molecule has 0 fully saturated rings. The number of unbranched alkanes of at least 4 members (excludes halogenated alkanes) is 3. The molecule has 0 aliphatic heterocycles. The van der Waals surface area contributed by atoms with Gasteiger partial charge in [-0.1, -0.05) is 44.4 Å². The molecule has 0 atom stereocenters. The highest BCUT2D eigenvalue weighted by atomic mass is 32.2. The van der Waals surface area contributed by atoms with E-state index in [-0.39, 0.29) is 4.90 Å². The standard InChI is InChI=1S/C21H24N2O3S/c1-2-3-4-5-16-26-19-13-11-18(12-14-19)23-27(24,25)20-10-6-8-17-9-7-15-22-21(17)20/h6-15,23H,2-5,16H2,1H3. The molecule has 1 aromatic heterocycles. The van der Waals surface area contributed by atoms with E-state index in [9.17, 15) is 8.42 Å². The van der Waals surface area contributed by atoms with Crippen LogP contribution in [-0.4, -0.2) is 20.0 Å². The third-order valence-corrected chi connectivity index (χ3v) is 5.67. The van der Waals surface area contributed by atoms with Gasteiger partial charge in [0.25, 0.3) is 10.0 Å². The van der Waals surface area contributed by atoms with Crippen LogP contribution in [0.3, 0.4) is 0 Å². The second-order valence-corrected chi connectivity index (χ2v) is 8.02. The lowest BCUT2D eigenvalue weighted by atomic mass is 10.2. The number of para-hydroxylation sites is 1. The molecule has 142 valence electrons. The minimum absolute atomic E-state index is 0.164. The summed E-state index contributed by atoms with van der Waals surface area (Å²) in [4.78, 5) is 4.38. The first-order valence-corrected chi connectivity index (χ1v) is 10.7. The highest BCUT2D eigenvalue weighted by Crippen LogP contribution is 2.24. The van der Waals surface area contributed by atoms with Gasteiger partial charge < -0.3 is 4.74 Å². The fourth-order valence-electron chi connectivity index (χ4n) is 2.84. The number of fused-ring (bicyclic) bond motifs is 1. The number of pyridine rings is 1. The number of nitrogens with one attached hydrogen (secondary N) is 1. The zero-order chi connectivity index (χ0) is 19.1. The lowest BCUT2D eigenvalue weighted by Crippen LogP contribution is -2.13. The largest absolute Gasteiger partial charge is 0.494 e. The van der Waals surface area contributed by atoms with Crippen LogP contribution in [0.25, 0.3) is 10.9 Å². The SMILES string of the molecule is CCCCCCOc1ccc(NS(=O)(=O)c2cccc3cccnc23)cc1. The van der Waals surface area contributed by atoms with Crippen molar-refractivity contribution >= 4 is 26.6 Å². The lowest BCUT2D eigenvalue weighted by Gasteiger charge is -2.11. The second-order valence-electron chi connectivity index (χ2n) is 6.37. The predicted molar refractivity (Wildman–Crippen MR) is 109 cm³/mol. The average Bonchev–Trinajstić information content (AvgIpc) is 2.68. The van der Waals surface area contributed by atoms with Crippen molar-refractivity contribution in [1.82, 2.24) is 4.98 Å². The van der Waals surface area contributed by atoms with Gasteiger partial charge in [0.2, 0.25) is 0 Å². The van der Waals surface area contributed by atoms with Crippen molar-refractivity contribution in [3.63, 3.8) is 0 Å². The molecule has 3 rings (SSSR count). The number of benzene rings is 2. The Morgan fingerprint density at radius 1 is 0.963 bits per heavy atom. The maximum absolute atomic E-state index is 12.8. The molecule has 0 spiro atoms. The maximum atomic E-state index is 12.8. The summed E-state index contributed by atoms with van der Waals surface area (Å²) in [6.07, 6.45) is 6.19. The van der Waals surface area contributed by atoms with E-state index >= 15 is 0 Å². The minimum atomic E-state index is -3.73. The summed E-state index contributed by atoms with van der Waals surface area (Å²) in [7, 11) is -3.73. The Morgan fingerprint density at radius 3 is 2.52 bits per heavy atom. The molecule has 0 saturated heterocycles. The Balaban J connectivity index is 1.69. The van der Waals surface area contributed by atoms with Crippen LogP contribution in [0, 0.1) is 0 Å². The van der Waals surface area contributed by atoms with Crippen molar-refractivity contribution in [3.05, 3.63) is 60.8 Å². The number of rotatable bonds is 9. The van der Waals surface area contributed by atoms with Crippen LogP contribution in [0.15, 0.2) is 65.7 Å². The molecule has 27 heavy (non-hydrogen) atoms. The Hall–Kier alpha value is -2.60. The number of anilines is 1. The van der Waals surface area contributed by atoms with Gasteiger partial charge in [0, 0.05) is 17.3 Å². The minimum Gasteiger partial charge on any atom is -0.494 e. The molecule has 0 aliphatic carbocycles. The van der Waals surface area contributed by atoms with E-state index in [2.05, 4.69) is 16.6 Å². The van der Waals surface area contributed by atoms with E-state index in [0.29, 0.717) is 17.8 Å². The fraction of sp³-hybridized carbons (Fsp3) is 0.286. The van der Waals surface area contributed by atoms with Crippen molar-refractivity contribution in [2.45, 2.75) is 37.5 Å². The Labute approximate surface area is 160 Å². The first kappa shape index (κ1) is 19.2. The number of hydrogen-bond acceptors (Lipinski definition) is 4. The molecule has 6 heteroatoms. The van der Waals surface area contributed by atoms with E-state index in [0.717, 1.165) is 24.0 Å². The quantitative estimate of drug-likeness (QED) is 0.528. The monoisotopic (exact) mass is 384 g/mol. The number of sulfonamides is 1. The maximum Gasteiger partial charge on any atom is 0.264 e. The average molecular weight is 385 g/mol. The summed E-state index contributed by atoms with van der Waals surface area (Å²) in [6, 6.07) is 15.7. The number of nitrogens with zero attached hydrogens (tertiary/aromatic N) is 1. The zero-order valence-electron chi connectivity index (χ0n) is 15.4. The Morgan fingerprint density at radius 2 is 1.74 bits per heavy atom. The molecular formula is C21H24N2O3S. The van der Waals surface area contributed by atoms with Crippen LogP contribution in [0.4, 0.5) is 5.69 Å². The van der Waals surface area contributed by atoms with E-state index in [4.69, 9.17) is 4.74 Å². The van der Waals surface area contributed by atoms with E-state index in [1.54, 1.807) is 48.7 Å². The van der Waals surface area contributed by atoms with E-state index in [1.807, 2.05) is 12.1 Å². The summed E-state index contributed by atoms with van der Waals surface area (Å²) in [6.45, 7) is 2.85. The summed E-state index contributed by atoms with van der Waals surface area (Å²) in [5, 5.41) is 0.784. The van der Waals surface area contributed by atoms with Gasteiger partial charge in [0.1, 0.15) is 10.6 Å². The topological polar surface area (TPSA) is 68.3 Å². The highest BCUT2D eigenvalue weighted by Gasteiger charge is 2.18. The van der Waals surface area contributed by atoms with Crippen molar-refractivity contribution in [2.24, 2.45) is 0 Å². The van der Waals surface area contributed by atoms with Crippen molar-refractivity contribution in [2.75, 3.05) is 11.3 Å². The molecular weight excluding hydrogens is 360 g/mol. The van der Waals surface area contributed by atoms with Crippen molar-refractivity contribution in [1.29, 1.82) is 0 Å². The molecule has 0 unspecified atom stereocenters. The lowest BCUT2D eigenvalue weighted by molar-refractivity contribution is 0.305. The van der Waals surface area contributed by atoms with E-state index < -0.39 is 10.0 Å². The fourth-order valence-corrected chi connectivity index (χ4v) is 4.08. The third kappa shape index (κ3) is 4.98. The molecule has 0 amide bonds. The zero-order valence-corrected chi connectivity index (χ0v) is 16.2. The van der Waals surface area contributed by atoms with Crippen LogP contribution >= 0.6 is 0 Å². The van der Waals surface area contributed by atoms with Crippen LogP contribution in [-0.2, 0) is 10.0 Å². The third-order valence-electron chi connectivity index (χ3n) is 4.26. The van der Waals surface area contributed by atoms with Gasteiger partial charge >= 0.3 is 0 Å². The molecule has 2 aromatic carbocycles. The first-order valence-electron chi connectivity index (χ1n) is 9.19. The van der Waals surface area contributed by atoms with Crippen LogP contribution in [0.2, 0.25) is 0 Å². The predicted octanol–water partition coefficient (Wildman–Crippen LogP) is 4.99. The molecule has 3 aromatic rings. The summed E-state index contributed by atoms with van der Waals surface area (Å²) in [5.74, 6) is 0.737. The van der Waals surface area contributed by atoms with Crippen LogP contribution in [0.5, 0.6) is 5.75 Å². The molecule has 0 radical (unpaired) electrons. The molecule has 1 heterocycles. The van der Waals surface area contributed by atoms with Gasteiger partial charge in [-0.05, 0) is 42.8 Å². The van der Waals surface area contributed by atoms with Gasteiger partial charge in [-0.25, -0.2) is 8.42 Å². The smallest absolute Gasteiger partial charge is 0.264 e. The van der Waals surface area contributed by atoms with Crippen molar-refractivity contribution < 1.29 is 13.2 Å². The molecule has 0 saturated carbocycles. The van der Waals surface area contributed by atoms with Gasteiger partial charge in [-0.2, -0.15) is 0 Å². The molecule has 0 aliphatic rings.